The van der Waals surface area contributed by atoms with Gasteiger partial charge in [0.05, 0.1) is 11.7 Å². The van der Waals surface area contributed by atoms with Gasteiger partial charge in [0.2, 0.25) is 0 Å². The van der Waals surface area contributed by atoms with E-state index < -0.39 is 17.8 Å². The summed E-state index contributed by atoms with van der Waals surface area (Å²) in [7, 11) is 0. The molecule has 0 saturated carbocycles. The molecule has 0 spiro atoms. The zero-order chi connectivity index (χ0) is 12.3. The number of aliphatic hydroxyl groups is 1. The molecule has 0 fully saturated rings. The summed E-state index contributed by atoms with van der Waals surface area (Å²) in [6.45, 7) is 3.63. The smallest absolute Gasteiger partial charge is 0.384 e. The zero-order valence-electron chi connectivity index (χ0n) is 9.05. The molecule has 0 aromatic heterocycles. The van der Waals surface area contributed by atoms with E-state index in [0.29, 0.717) is 5.56 Å². The molecule has 0 heterocycles. The van der Waals surface area contributed by atoms with Crippen molar-refractivity contribution in [1.82, 2.24) is 0 Å². The van der Waals surface area contributed by atoms with Crippen molar-refractivity contribution in [1.29, 1.82) is 0 Å². The Kier molecular flexibility index (Phi) is 3.75. The SMILES string of the molecule is CC(C)=CC(O)c1ccc(C(F)(F)F)cc1. The van der Waals surface area contributed by atoms with Gasteiger partial charge in [-0.3, -0.25) is 0 Å². The lowest BCUT2D eigenvalue weighted by atomic mass is 10.1. The molecule has 0 amide bonds. The summed E-state index contributed by atoms with van der Waals surface area (Å²) >= 11 is 0. The van der Waals surface area contributed by atoms with Gasteiger partial charge in [-0.15, -0.1) is 0 Å². The number of benzene rings is 1. The third-order valence-electron chi connectivity index (χ3n) is 2.07. The Bertz CT molecular complexity index is 372. The predicted octanol–water partition coefficient (Wildman–Crippen LogP) is 3.71. The van der Waals surface area contributed by atoms with Gasteiger partial charge in [0, 0.05) is 0 Å². The molecule has 1 rings (SSSR count). The Morgan fingerprint density at radius 1 is 1.19 bits per heavy atom. The first-order chi connectivity index (χ1) is 7.30. The number of rotatable bonds is 2. The van der Waals surface area contributed by atoms with E-state index in [1.165, 1.54) is 12.1 Å². The van der Waals surface area contributed by atoms with E-state index in [-0.39, 0.29) is 0 Å². The molecule has 1 N–H and O–H groups in total. The standard InChI is InChI=1S/C12H13F3O/c1-8(2)7-11(16)9-3-5-10(6-4-9)12(13,14)15/h3-7,11,16H,1-2H3. The Hall–Kier alpha value is -1.29. The molecule has 0 aliphatic rings. The molecule has 1 nitrogen and oxygen atoms in total. The van der Waals surface area contributed by atoms with Gasteiger partial charge < -0.3 is 5.11 Å². The molecule has 1 aromatic carbocycles. The Labute approximate surface area is 92.2 Å². The van der Waals surface area contributed by atoms with Gasteiger partial charge in [-0.25, -0.2) is 0 Å². The van der Waals surface area contributed by atoms with Gasteiger partial charge in [-0.2, -0.15) is 13.2 Å². The van der Waals surface area contributed by atoms with Crippen LogP contribution in [0.5, 0.6) is 0 Å². The summed E-state index contributed by atoms with van der Waals surface area (Å²) in [6.07, 6.45) is -3.60. The third-order valence-corrected chi connectivity index (χ3v) is 2.07. The van der Waals surface area contributed by atoms with Crippen molar-refractivity contribution in [2.75, 3.05) is 0 Å². The van der Waals surface area contributed by atoms with Gasteiger partial charge in [0.1, 0.15) is 0 Å². The average Bonchev–Trinajstić information content (AvgIpc) is 2.15. The van der Waals surface area contributed by atoms with Gasteiger partial charge in [-0.05, 0) is 31.5 Å². The van der Waals surface area contributed by atoms with Gasteiger partial charge in [-0.1, -0.05) is 23.8 Å². The summed E-state index contributed by atoms with van der Waals surface area (Å²) in [5, 5.41) is 9.63. The first kappa shape index (κ1) is 12.8. The van der Waals surface area contributed by atoms with Crippen LogP contribution in [-0.2, 0) is 6.18 Å². The highest BCUT2D eigenvalue weighted by molar-refractivity contribution is 5.28. The van der Waals surface area contributed by atoms with Crippen LogP contribution in [0.4, 0.5) is 13.2 Å². The van der Waals surface area contributed by atoms with E-state index in [2.05, 4.69) is 0 Å². The molecular formula is C12H13F3O. The van der Waals surface area contributed by atoms with Gasteiger partial charge in [0.15, 0.2) is 0 Å². The molecule has 1 aromatic rings. The van der Waals surface area contributed by atoms with Crippen molar-refractivity contribution in [2.24, 2.45) is 0 Å². The molecule has 88 valence electrons. The zero-order valence-corrected chi connectivity index (χ0v) is 9.05. The monoisotopic (exact) mass is 230 g/mol. The first-order valence-corrected chi connectivity index (χ1v) is 4.81. The maximum Gasteiger partial charge on any atom is 0.416 e. The van der Waals surface area contributed by atoms with Gasteiger partial charge in [0.25, 0.3) is 0 Å². The number of hydrogen-bond acceptors (Lipinski definition) is 1. The lowest BCUT2D eigenvalue weighted by molar-refractivity contribution is -0.137. The minimum atomic E-state index is -4.33. The second-order valence-corrected chi connectivity index (χ2v) is 3.81. The molecule has 1 atom stereocenters. The summed E-state index contributed by atoms with van der Waals surface area (Å²) in [6, 6.07) is 4.51. The minimum absolute atomic E-state index is 0.453. The maximum atomic E-state index is 12.3. The number of alkyl halides is 3. The quantitative estimate of drug-likeness (QED) is 0.768. The summed E-state index contributed by atoms with van der Waals surface area (Å²) in [5.74, 6) is 0. The van der Waals surface area contributed by atoms with Crippen molar-refractivity contribution in [3.05, 3.63) is 47.0 Å². The van der Waals surface area contributed by atoms with Crippen LogP contribution in [0.15, 0.2) is 35.9 Å². The highest BCUT2D eigenvalue weighted by Crippen LogP contribution is 2.30. The lowest BCUT2D eigenvalue weighted by Gasteiger charge is -2.10. The molecule has 1 unspecified atom stereocenters. The van der Waals surface area contributed by atoms with Crippen LogP contribution in [0, 0.1) is 0 Å². The summed E-state index contributed by atoms with van der Waals surface area (Å²) < 4.78 is 36.8. The lowest BCUT2D eigenvalue weighted by Crippen LogP contribution is -2.05. The largest absolute Gasteiger partial charge is 0.416 e. The number of halogens is 3. The number of allylic oxidation sites excluding steroid dienone is 1. The van der Waals surface area contributed by atoms with Crippen molar-refractivity contribution >= 4 is 0 Å². The van der Waals surface area contributed by atoms with Crippen molar-refractivity contribution in [2.45, 2.75) is 26.1 Å². The Morgan fingerprint density at radius 2 is 1.69 bits per heavy atom. The fraction of sp³-hybridized carbons (Fsp3) is 0.333. The average molecular weight is 230 g/mol. The van der Waals surface area contributed by atoms with E-state index in [0.717, 1.165) is 17.7 Å². The van der Waals surface area contributed by atoms with Crippen LogP contribution < -0.4 is 0 Å². The summed E-state index contributed by atoms with van der Waals surface area (Å²) in [5.41, 5.74) is 0.655. The van der Waals surface area contributed by atoms with Crippen LogP contribution >= 0.6 is 0 Å². The third kappa shape index (κ3) is 3.38. The Balaban J connectivity index is 2.91. The molecular weight excluding hydrogens is 217 g/mol. The van der Waals surface area contributed by atoms with Crippen LogP contribution in [0.2, 0.25) is 0 Å². The van der Waals surface area contributed by atoms with Crippen molar-refractivity contribution in [3.63, 3.8) is 0 Å². The highest BCUT2D eigenvalue weighted by Gasteiger charge is 2.30. The maximum absolute atomic E-state index is 12.3. The molecule has 0 bridgehead atoms. The van der Waals surface area contributed by atoms with E-state index in [1.54, 1.807) is 6.08 Å². The van der Waals surface area contributed by atoms with Crippen molar-refractivity contribution in [3.8, 4) is 0 Å². The van der Waals surface area contributed by atoms with E-state index in [1.807, 2.05) is 13.8 Å². The molecule has 0 radical (unpaired) electrons. The molecule has 0 aliphatic carbocycles. The molecule has 16 heavy (non-hydrogen) atoms. The van der Waals surface area contributed by atoms with Crippen LogP contribution in [-0.4, -0.2) is 5.11 Å². The molecule has 4 heteroatoms. The van der Waals surface area contributed by atoms with E-state index >= 15 is 0 Å². The second-order valence-electron chi connectivity index (χ2n) is 3.81. The fourth-order valence-electron chi connectivity index (χ4n) is 1.28. The summed E-state index contributed by atoms with van der Waals surface area (Å²) in [4.78, 5) is 0. The first-order valence-electron chi connectivity index (χ1n) is 4.81. The van der Waals surface area contributed by atoms with Crippen LogP contribution in [0.25, 0.3) is 0 Å². The van der Waals surface area contributed by atoms with E-state index in [9.17, 15) is 18.3 Å². The van der Waals surface area contributed by atoms with Crippen molar-refractivity contribution < 1.29 is 18.3 Å². The normalized spacial score (nSPS) is 13.4. The van der Waals surface area contributed by atoms with Crippen LogP contribution in [0.3, 0.4) is 0 Å². The molecule has 0 saturated heterocycles. The highest BCUT2D eigenvalue weighted by atomic mass is 19.4. The second kappa shape index (κ2) is 4.70. The number of hydrogen-bond donors (Lipinski definition) is 1. The van der Waals surface area contributed by atoms with E-state index in [4.69, 9.17) is 0 Å². The predicted molar refractivity (Wildman–Crippen MR) is 55.8 cm³/mol. The molecule has 0 aliphatic heterocycles. The Morgan fingerprint density at radius 3 is 2.06 bits per heavy atom. The van der Waals surface area contributed by atoms with Crippen LogP contribution in [0.1, 0.15) is 31.1 Å². The number of aliphatic hydroxyl groups excluding tert-OH is 1. The topological polar surface area (TPSA) is 20.2 Å². The fourth-order valence-corrected chi connectivity index (χ4v) is 1.28. The van der Waals surface area contributed by atoms with Gasteiger partial charge >= 0.3 is 6.18 Å². The minimum Gasteiger partial charge on any atom is -0.384 e.